The molecule has 0 saturated carbocycles. The average Bonchev–Trinajstić information content (AvgIpc) is 3.28. The Morgan fingerprint density at radius 1 is 1.17 bits per heavy atom. The summed E-state index contributed by atoms with van der Waals surface area (Å²) in [6, 6.07) is 6.40. The number of piperazine rings is 1. The number of hydrogen-bond donors (Lipinski definition) is 1. The highest BCUT2D eigenvalue weighted by Gasteiger charge is 2.24. The van der Waals surface area contributed by atoms with E-state index in [-0.39, 0.29) is 12.0 Å². The maximum Gasteiger partial charge on any atom is 0.257 e. The van der Waals surface area contributed by atoms with Gasteiger partial charge in [0.1, 0.15) is 0 Å². The highest BCUT2D eigenvalue weighted by atomic mass is 16.5. The van der Waals surface area contributed by atoms with Crippen molar-refractivity contribution in [2.75, 3.05) is 49.5 Å². The number of carbonyl (C=O) groups excluding carboxylic acids is 1. The molecule has 1 aromatic carbocycles. The number of nitrogens with zero attached hydrogens (tertiary/aromatic N) is 4. The number of carbonyl (C=O) groups is 1. The number of aromatic nitrogens is 2. The van der Waals surface area contributed by atoms with Crippen LogP contribution in [0.2, 0.25) is 0 Å². The van der Waals surface area contributed by atoms with Gasteiger partial charge in [-0.3, -0.25) is 4.79 Å². The van der Waals surface area contributed by atoms with Gasteiger partial charge in [0.05, 0.1) is 11.7 Å². The second-order valence-electron chi connectivity index (χ2n) is 7.81. The minimum atomic E-state index is -0.00343. The first-order valence-corrected chi connectivity index (χ1v) is 10.4. The van der Waals surface area contributed by atoms with Crippen molar-refractivity contribution >= 4 is 17.5 Å². The van der Waals surface area contributed by atoms with Crippen LogP contribution in [0.3, 0.4) is 0 Å². The highest BCUT2D eigenvalue weighted by Crippen LogP contribution is 2.24. The lowest BCUT2D eigenvalue weighted by Gasteiger charge is -2.37. The third-order valence-electron chi connectivity index (χ3n) is 5.89. The van der Waals surface area contributed by atoms with Crippen molar-refractivity contribution in [3.63, 3.8) is 0 Å². The van der Waals surface area contributed by atoms with E-state index in [1.165, 1.54) is 16.8 Å². The predicted molar refractivity (Wildman–Crippen MR) is 114 cm³/mol. The molecule has 154 valence electrons. The summed E-state index contributed by atoms with van der Waals surface area (Å²) in [6.45, 7) is 8.89. The number of benzene rings is 1. The van der Waals surface area contributed by atoms with Gasteiger partial charge >= 0.3 is 0 Å². The zero-order chi connectivity index (χ0) is 20.2. The maximum atomic E-state index is 12.8. The van der Waals surface area contributed by atoms with Crippen molar-refractivity contribution < 1.29 is 9.53 Å². The summed E-state index contributed by atoms with van der Waals surface area (Å²) in [4.78, 5) is 25.7. The van der Waals surface area contributed by atoms with E-state index >= 15 is 0 Å². The van der Waals surface area contributed by atoms with Crippen molar-refractivity contribution in [3.05, 3.63) is 47.3 Å². The number of amides is 1. The summed E-state index contributed by atoms with van der Waals surface area (Å²) < 4.78 is 5.59. The molecule has 1 atom stereocenters. The van der Waals surface area contributed by atoms with Gasteiger partial charge in [0.15, 0.2) is 0 Å². The topological polar surface area (TPSA) is 70.6 Å². The monoisotopic (exact) mass is 395 g/mol. The zero-order valence-corrected chi connectivity index (χ0v) is 17.2. The van der Waals surface area contributed by atoms with Crippen molar-refractivity contribution in [1.29, 1.82) is 0 Å². The van der Waals surface area contributed by atoms with Crippen molar-refractivity contribution in [3.8, 4) is 0 Å². The molecule has 0 aliphatic carbocycles. The van der Waals surface area contributed by atoms with Crippen LogP contribution in [0, 0.1) is 13.8 Å². The Kier molecular flexibility index (Phi) is 5.94. The van der Waals surface area contributed by atoms with E-state index in [0.717, 1.165) is 32.5 Å². The Labute approximate surface area is 172 Å². The fourth-order valence-electron chi connectivity index (χ4n) is 3.95. The number of nitrogens with one attached hydrogen (secondary N) is 1. The molecule has 7 heteroatoms. The summed E-state index contributed by atoms with van der Waals surface area (Å²) >= 11 is 0. The van der Waals surface area contributed by atoms with Crippen LogP contribution in [0.25, 0.3) is 0 Å². The molecular formula is C22H29N5O2. The van der Waals surface area contributed by atoms with Crippen LogP contribution in [-0.2, 0) is 4.74 Å². The van der Waals surface area contributed by atoms with E-state index in [4.69, 9.17) is 4.74 Å². The third-order valence-corrected chi connectivity index (χ3v) is 5.89. The second-order valence-corrected chi connectivity index (χ2v) is 7.81. The fourth-order valence-corrected chi connectivity index (χ4v) is 3.95. The number of hydrogen-bond acceptors (Lipinski definition) is 6. The van der Waals surface area contributed by atoms with E-state index in [2.05, 4.69) is 52.2 Å². The van der Waals surface area contributed by atoms with Crippen LogP contribution in [-0.4, -0.2) is 66.2 Å². The lowest BCUT2D eigenvalue weighted by molar-refractivity contribution is 0.0746. The summed E-state index contributed by atoms with van der Waals surface area (Å²) in [6.07, 6.45) is 5.64. The molecule has 1 N–H and O–H groups in total. The van der Waals surface area contributed by atoms with E-state index in [1.807, 2.05) is 4.90 Å². The van der Waals surface area contributed by atoms with Gasteiger partial charge in [-0.1, -0.05) is 12.1 Å². The first-order valence-electron chi connectivity index (χ1n) is 10.4. The van der Waals surface area contributed by atoms with E-state index in [0.29, 0.717) is 31.1 Å². The molecule has 0 bridgehead atoms. The van der Waals surface area contributed by atoms with Crippen LogP contribution < -0.4 is 10.2 Å². The van der Waals surface area contributed by atoms with Crippen molar-refractivity contribution in [2.24, 2.45) is 0 Å². The minimum absolute atomic E-state index is 0.00343. The largest absolute Gasteiger partial charge is 0.376 e. The molecule has 2 aliphatic rings. The summed E-state index contributed by atoms with van der Waals surface area (Å²) in [5.74, 6) is 0.535. The normalized spacial score (nSPS) is 19.4. The maximum absolute atomic E-state index is 12.8. The molecule has 2 aromatic rings. The van der Waals surface area contributed by atoms with Crippen LogP contribution >= 0.6 is 0 Å². The van der Waals surface area contributed by atoms with E-state index in [9.17, 15) is 4.79 Å². The van der Waals surface area contributed by atoms with Crippen LogP contribution in [0.15, 0.2) is 30.6 Å². The van der Waals surface area contributed by atoms with Gasteiger partial charge in [-0.15, -0.1) is 0 Å². The molecule has 1 aromatic heterocycles. The standard InChI is InChI=1S/C22H29N5O2/c1-16-5-3-7-20(17(16)2)26-8-10-27(11-9-26)21(28)18-13-23-22(24-14-18)25-15-19-6-4-12-29-19/h3,5,7,13-14,19H,4,6,8-12,15H2,1-2H3,(H,23,24,25). The number of ether oxygens (including phenoxy) is 1. The van der Waals surface area contributed by atoms with Crippen LogP contribution in [0.5, 0.6) is 0 Å². The summed E-state index contributed by atoms with van der Waals surface area (Å²) in [7, 11) is 0. The van der Waals surface area contributed by atoms with Gasteiger partial charge < -0.3 is 19.9 Å². The lowest BCUT2D eigenvalue weighted by Crippen LogP contribution is -2.49. The molecule has 1 unspecified atom stereocenters. The van der Waals surface area contributed by atoms with Crippen molar-refractivity contribution in [2.45, 2.75) is 32.8 Å². The van der Waals surface area contributed by atoms with Crippen LogP contribution in [0.4, 0.5) is 11.6 Å². The molecule has 2 fully saturated rings. The molecule has 3 heterocycles. The second kappa shape index (κ2) is 8.78. The summed E-state index contributed by atoms with van der Waals surface area (Å²) in [5, 5.41) is 3.19. The molecule has 7 nitrogen and oxygen atoms in total. The molecule has 4 rings (SSSR count). The molecule has 2 saturated heterocycles. The molecule has 29 heavy (non-hydrogen) atoms. The van der Waals surface area contributed by atoms with E-state index < -0.39 is 0 Å². The Hall–Kier alpha value is -2.67. The van der Waals surface area contributed by atoms with Gasteiger partial charge in [0, 0.05) is 57.4 Å². The molecule has 0 radical (unpaired) electrons. The van der Waals surface area contributed by atoms with Gasteiger partial charge in [-0.25, -0.2) is 9.97 Å². The SMILES string of the molecule is Cc1cccc(N2CCN(C(=O)c3cnc(NCC4CCCO4)nc3)CC2)c1C. The lowest BCUT2D eigenvalue weighted by atomic mass is 10.1. The van der Waals surface area contributed by atoms with Gasteiger partial charge in [0.2, 0.25) is 5.95 Å². The fraction of sp³-hybridized carbons (Fsp3) is 0.500. The quantitative estimate of drug-likeness (QED) is 0.839. The zero-order valence-electron chi connectivity index (χ0n) is 17.2. The van der Waals surface area contributed by atoms with Crippen molar-refractivity contribution in [1.82, 2.24) is 14.9 Å². The number of rotatable bonds is 5. The highest BCUT2D eigenvalue weighted by molar-refractivity contribution is 5.93. The Bertz CT molecular complexity index is 841. The van der Waals surface area contributed by atoms with Gasteiger partial charge in [0.25, 0.3) is 5.91 Å². The summed E-state index contributed by atoms with van der Waals surface area (Å²) in [5.41, 5.74) is 4.41. The Balaban J connectivity index is 1.31. The van der Waals surface area contributed by atoms with Gasteiger partial charge in [-0.05, 0) is 43.9 Å². The van der Waals surface area contributed by atoms with Gasteiger partial charge in [-0.2, -0.15) is 0 Å². The first kappa shape index (κ1) is 19.6. The molecular weight excluding hydrogens is 366 g/mol. The predicted octanol–water partition coefficient (Wildman–Crippen LogP) is 2.65. The Morgan fingerprint density at radius 3 is 2.62 bits per heavy atom. The number of aryl methyl sites for hydroxylation is 1. The first-order chi connectivity index (χ1) is 14.1. The Morgan fingerprint density at radius 2 is 1.93 bits per heavy atom. The molecule has 2 aliphatic heterocycles. The number of anilines is 2. The van der Waals surface area contributed by atoms with E-state index in [1.54, 1.807) is 12.4 Å². The van der Waals surface area contributed by atoms with Crippen LogP contribution in [0.1, 0.15) is 34.3 Å². The minimum Gasteiger partial charge on any atom is -0.376 e. The molecule has 1 amide bonds. The average molecular weight is 396 g/mol. The molecule has 0 spiro atoms. The third kappa shape index (κ3) is 4.50. The smallest absolute Gasteiger partial charge is 0.257 e.